The maximum absolute atomic E-state index is 13.3. The lowest BCUT2D eigenvalue weighted by Crippen LogP contribution is -2.24. The third-order valence-electron chi connectivity index (χ3n) is 4.24. The first-order valence-corrected chi connectivity index (χ1v) is 10.1. The Balaban J connectivity index is 1.64. The van der Waals surface area contributed by atoms with E-state index in [-0.39, 0.29) is 17.5 Å². The van der Waals surface area contributed by atoms with E-state index in [1.165, 1.54) is 17.8 Å². The van der Waals surface area contributed by atoms with Crippen LogP contribution < -0.4 is 5.32 Å². The number of nitrogens with zero attached hydrogens (tertiary/aromatic N) is 2. The molecule has 0 atom stereocenters. The van der Waals surface area contributed by atoms with Crippen molar-refractivity contribution in [1.29, 1.82) is 0 Å². The molecule has 0 saturated heterocycles. The van der Waals surface area contributed by atoms with Crippen LogP contribution in [0.1, 0.15) is 11.1 Å². The second kappa shape index (κ2) is 9.41. The van der Waals surface area contributed by atoms with Crippen LogP contribution in [-0.4, -0.2) is 34.9 Å². The molecule has 0 aliphatic carbocycles. The molecule has 5 nitrogen and oxygen atoms in total. The van der Waals surface area contributed by atoms with Crippen LogP contribution in [0, 0.1) is 12.7 Å². The topological polar surface area (TPSA) is 56.1 Å². The Morgan fingerprint density at radius 2 is 2.14 bits per heavy atom. The number of thioether (sulfide) groups is 1. The number of nitrogens with one attached hydrogen (secondary N) is 1. The Morgan fingerprint density at radius 1 is 1.32 bits per heavy atom. The third kappa shape index (κ3) is 5.04. The summed E-state index contributed by atoms with van der Waals surface area (Å²) in [7, 11) is 1.65. The molecule has 0 aliphatic rings. The fourth-order valence-corrected chi connectivity index (χ4v) is 3.83. The average Bonchev–Trinajstić information content (AvgIpc) is 3.02. The van der Waals surface area contributed by atoms with Gasteiger partial charge in [0.15, 0.2) is 5.16 Å². The van der Waals surface area contributed by atoms with Crippen molar-refractivity contribution in [3.63, 3.8) is 0 Å². The van der Waals surface area contributed by atoms with Crippen molar-refractivity contribution in [2.45, 2.75) is 25.2 Å². The van der Waals surface area contributed by atoms with E-state index < -0.39 is 0 Å². The van der Waals surface area contributed by atoms with Gasteiger partial charge in [0.05, 0.1) is 23.4 Å². The maximum atomic E-state index is 13.3. The predicted molar refractivity (Wildman–Crippen MR) is 110 cm³/mol. The number of carbonyl (C=O) groups is 1. The molecule has 3 aromatic rings. The molecule has 0 bridgehead atoms. The zero-order valence-electron chi connectivity index (χ0n) is 15.7. The summed E-state index contributed by atoms with van der Waals surface area (Å²) in [4.78, 5) is 16.8. The lowest BCUT2D eigenvalue weighted by Gasteiger charge is -2.09. The molecule has 1 heterocycles. The standard InChI is InChI=1S/C20H21ClFN3O2S/c1-13-9-14(3-5-16(13)22)11-23-19(26)12-28-20-24-17-10-15(21)4-6-18(17)25(20)7-8-27-2/h3-6,9-10H,7-8,11-12H2,1-2H3,(H,23,26). The van der Waals surface area contributed by atoms with Gasteiger partial charge in [-0.25, -0.2) is 9.37 Å². The number of imidazole rings is 1. The first-order valence-electron chi connectivity index (χ1n) is 8.77. The van der Waals surface area contributed by atoms with Gasteiger partial charge >= 0.3 is 0 Å². The number of halogens is 2. The van der Waals surface area contributed by atoms with Gasteiger partial charge in [0.1, 0.15) is 5.82 Å². The lowest BCUT2D eigenvalue weighted by molar-refractivity contribution is -0.118. The van der Waals surface area contributed by atoms with Crippen LogP contribution in [0.25, 0.3) is 11.0 Å². The molecule has 0 spiro atoms. The van der Waals surface area contributed by atoms with Gasteiger partial charge in [0.2, 0.25) is 5.91 Å². The summed E-state index contributed by atoms with van der Waals surface area (Å²) in [5.74, 6) is -0.138. The molecular weight excluding hydrogens is 401 g/mol. The smallest absolute Gasteiger partial charge is 0.230 e. The first kappa shape index (κ1) is 20.6. The number of amides is 1. The zero-order chi connectivity index (χ0) is 20.1. The molecule has 148 valence electrons. The number of carbonyl (C=O) groups excluding carboxylic acids is 1. The van der Waals surface area contributed by atoms with Crippen LogP contribution in [0.5, 0.6) is 0 Å². The number of rotatable bonds is 8. The van der Waals surface area contributed by atoms with Gasteiger partial charge < -0.3 is 14.6 Å². The van der Waals surface area contributed by atoms with E-state index in [0.29, 0.717) is 30.3 Å². The molecule has 1 N–H and O–H groups in total. The van der Waals surface area contributed by atoms with Crippen molar-refractivity contribution in [3.8, 4) is 0 Å². The summed E-state index contributed by atoms with van der Waals surface area (Å²) in [5.41, 5.74) is 3.16. The monoisotopic (exact) mass is 421 g/mol. The van der Waals surface area contributed by atoms with Gasteiger partial charge in [-0.2, -0.15) is 0 Å². The van der Waals surface area contributed by atoms with E-state index in [2.05, 4.69) is 10.3 Å². The number of methoxy groups -OCH3 is 1. The Morgan fingerprint density at radius 3 is 2.89 bits per heavy atom. The Bertz CT molecular complexity index is 993. The maximum Gasteiger partial charge on any atom is 0.230 e. The molecule has 0 aliphatic heterocycles. The fourth-order valence-electron chi connectivity index (χ4n) is 2.79. The molecule has 0 saturated carbocycles. The minimum absolute atomic E-state index is 0.115. The molecular formula is C20H21ClFN3O2S. The Hall–Kier alpha value is -2.09. The van der Waals surface area contributed by atoms with Gasteiger partial charge in [-0.3, -0.25) is 4.79 Å². The normalized spacial score (nSPS) is 11.1. The SMILES string of the molecule is COCCn1c(SCC(=O)NCc2ccc(F)c(C)c2)nc2cc(Cl)ccc21. The van der Waals surface area contributed by atoms with Crippen molar-refractivity contribution in [3.05, 3.63) is 58.4 Å². The minimum atomic E-state index is -0.249. The quantitative estimate of drug-likeness (QED) is 0.554. The van der Waals surface area contributed by atoms with Gasteiger partial charge in [0, 0.05) is 25.2 Å². The second-order valence-corrected chi connectivity index (χ2v) is 7.70. The summed E-state index contributed by atoms with van der Waals surface area (Å²) < 4.78 is 20.5. The van der Waals surface area contributed by atoms with E-state index in [9.17, 15) is 9.18 Å². The molecule has 1 amide bonds. The summed E-state index contributed by atoms with van der Waals surface area (Å²) in [6.45, 7) is 3.23. The zero-order valence-corrected chi connectivity index (χ0v) is 17.2. The van der Waals surface area contributed by atoms with Crippen molar-refractivity contribution >= 4 is 40.3 Å². The number of ether oxygens (including phenoxy) is 1. The molecule has 28 heavy (non-hydrogen) atoms. The fraction of sp³-hybridized carbons (Fsp3) is 0.300. The number of benzene rings is 2. The summed E-state index contributed by atoms with van der Waals surface area (Å²) >= 11 is 7.42. The van der Waals surface area contributed by atoms with Crippen LogP contribution in [0.3, 0.4) is 0 Å². The Kier molecular flexibility index (Phi) is 6.93. The van der Waals surface area contributed by atoms with Gasteiger partial charge in [-0.1, -0.05) is 35.5 Å². The van der Waals surface area contributed by atoms with Crippen LogP contribution in [0.4, 0.5) is 4.39 Å². The van der Waals surface area contributed by atoms with Crippen molar-refractivity contribution in [2.24, 2.45) is 0 Å². The highest BCUT2D eigenvalue weighted by Gasteiger charge is 2.13. The van der Waals surface area contributed by atoms with Crippen molar-refractivity contribution in [1.82, 2.24) is 14.9 Å². The molecule has 2 aromatic carbocycles. The molecule has 8 heteroatoms. The van der Waals surface area contributed by atoms with E-state index >= 15 is 0 Å². The summed E-state index contributed by atoms with van der Waals surface area (Å²) in [6.07, 6.45) is 0. The highest BCUT2D eigenvalue weighted by atomic mass is 35.5. The van der Waals surface area contributed by atoms with E-state index in [1.807, 2.05) is 16.7 Å². The molecule has 0 fully saturated rings. The number of hydrogen-bond acceptors (Lipinski definition) is 4. The van der Waals surface area contributed by atoms with Crippen LogP contribution in [0.15, 0.2) is 41.6 Å². The number of aryl methyl sites for hydroxylation is 1. The van der Waals surface area contributed by atoms with Crippen LogP contribution >= 0.6 is 23.4 Å². The minimum Gasteiger partial charge on any atom is -0.383 e. The van der Waals surface area contributed by atoms with Gasteiger partial charge in [-0.15, -0.1) is 0 Å². The molecule has 0 radical (unpaired) electrons. The van der Waals surface area contributed by atoms with E-state index in [4.69, 9.17) is 16.3 Å². The van der Waals surface area contributed by atoms with Gasteiger partial charge in [-0.05, 0) is 42.3 Å². The third-order valence-corrected chi connectivity index (χ3v) is 5.45. The average molecular weight is 422 g/mol. The van der Waals surface area contributed by atoms with Crippen LogP contribution in [-0.2, 0) is 22.6 Å². The second-order valence-electron chi connectivity index (χ2n) is 6.32. The predicted octanol–water partition coefficient (Wildman–Crippen LogP) is 4.19. The highest BCUT2D eigenvalue weighted by molar-refractivity contribution is 7.99. The van der Waals surface area contributed by atoms with Gasteiger partial charge in [0.25, 0.3) is 0 Å². The van der Waals surface area contributed by atoms with E-state index in [0.717, 1.165) is 21.8 Å². The number of hydrogen-bond donors (Lipinski definition) is 1. The molecule has 1 aromatic heterocycles. The first-order chi connectivity index (χ1) is 13.5. The number of fused-ring (bicyclic) bond motifs is 1. The van der Waals surface area contributed by atoms with Crippen molar-refractivity contribution in [2.75, 3.05) is 19.5 Å². The largest absolute Gasteiger partial charge is 0.383 e. The summed E-state index contributed by atoms with van der Waals surface area (Å²) in [5, 5.41) is 4.21. The lowest BCUT2D eigenvalue weighted by atomic mass is 10.1. The van der Waals surface area contributed by atoms with E-state index in [1.54, 1.807) is 32.2 Å². The Labute approximate surface area is 172 Å². The van der Waals surface area contributed by atoms with Crippen molar-refractivity contribution < 1.29 is 13.9 Å². The number of aromatic nitrogens is 2. The molecule has 3 rings (SSSR count). The summed E-state index contributed by atoms with van der Waals surface area (Å²) in [6, 6.07) is 10.4. The molecule has 0 unspecified atom stereocenters. The highest BCUT2D eigenvalue weighted by Crippen LogP contribution is 2.26. The van der Waals surface area contributed by atoms with Crippen LogP contribution in [0.2, 0.25) is 5.02 Å².